The SMILES string of the molecule is Cc1ccccc1CN(C[C@@H](O)COCc1ccccc1)C[C@H]1CCCO1. The summed E-state index contributed by atoms with van der Waals surface area (Å²) in [4.78, 5) is 2.30. The summed E-state index contributed by atoms with van der Waals surface area (Å²) in [7, 11) is 0. The van der Waals surface area contributed by atoms with Crippen LogP contribution in [0.4, 0.5) is 0 Å². The zero-order valence-electron chi connectivity index (χ0n) is 16.2. The summed E-state index contributed by atoms with van der Waals surface area (Å²) >= 11 is 0. The van der Waals surface area contributed by atoms with Gasteiger partial charge in [-0.05, 0) is 36.5 Å². The van der Waals surface area contributed by atoms with E-state index >= 15 is 0 Å². The van der Waals surface area contributed by atoms with Crippen molar-refractivity contribution in [3.8, 4) is 0 Å². The normalized spacial score (nSPS) is 18.1. The van der Waals surface area contributed by atoms with Crippen LogP contribution in [0.1, 0.15) is 29.5 Å². The summed E-state index contributed by atoms with van der Waals surface area (Å²) in [5.74, 6) is 0. The summed E-state index contributed by atoms with van der Waals surface area (Å²) in [5, 5.41) is 10.5. The Hall–Kier alpha value is -1.72. The van der Waals surface area contributed by atoms with Gasteiger partial charge in [0.2, 0.25) is 0 Å². The van der Waals surface area contributed by atoms with E-state index in [0.29, 0.717) is 19.8 Å². The molecule has 1 saturated heterocycles. The van der Waals surface area contributed by atoms with Crippen molar-refractivity contribution < 1.29 is 14.6 Å². The van der Waals surface area contributed by atoms with E-state index in [9.17, 15) is 5.11 Å². The average molecular weight is 370 g/mol. The van der Waals surface area contributed by atoms with Crippen LogP contribution in [-0.2, 0) is 22.6 Å². The van der Waals surface area contributed by atoms with Crippen molar-refractivity contribution in [2.24, 2.45) is 0 Å². The molecule has 146 valence electrons. The quantitative estimate of drug-likeness (QED) is 0.695. The molecule has 0 aromatic heterocycles. The fourth-order valence-corrected chi connectivity index (χ4v) is 3.55. The van der Waals surface area contributed by atoms with Crippen LogP contribution in [0, 0.1) is 6.92 Å². The lowest BCUT2D eigenvalue weighted by Gasteiger charge is -2.28. The highest BCUT2D eigenvalue weighted by Crippen LogP contribution is 2.17. The Morgan fingerprint density at radius 1 is 1.15 bits per heavy atom. The molecule has 1 aliphatic rings. The molecule has 27 heavy (non-hydrogen) atoms. The molecule has 1 fully saturated rings. The molecule has 0 aliphatic carbocycles. The number of hydrogen-bond acceptors (Lipinski definition) is 4. The van der Waals surface area contributed by atoms with Gasteiger partial charge in [-0.2, -0.15) is 0 Å². The lowest BCUT2D eigenvalue weighted by atomic mass is 10.1. The van der Waals surface area contributed by atoms with Crippen LogP contribution in [0.2, 0.25) is 0 Å². The Kier molecular flexibility index (Phi) is 7.84. The van der Waals surface area contributed by atoms with Crippen molar-refractivity contribution in [2.75, 3.05) is 26.3 Å². The number of aryl methyl sites for hydroxylation is 1. The first kappa shape index (κ1) is 20.0. The van der Waals surface area contributed by atoms with E-state index in [1.165, 1.54) is 11.1 Å². The maximum absolute atomic E-state index is 10.5. The minimum absolute atomic E-state index is 0.270. The Balaban J connectivity index is 1.52. The molecular formula is C23H31NO3. The fraction of sp³-hybridized carbons (Fsp3) is 0.478. The maximum Gasteiger partial charge on any atom is 0.0900 e. The molecular weight excluding hydrogens is 338 g/mol. The minimum atomic E-state index is -0.515. The van der Waals surface area contributed by atoms with Crippen LogP contribution in [-0.4, -0.2) is 48.5 Å². The summed E-state index contributed by atoms with van der Waals surface area (Å²) in [6.45, 7) is 6.12. The second-order valence-corrected chi connectivity index (χ2v) is 7.41. The molecule has 0 spiro atoms. The first-order valence-electron chi connectivity index (χ1n) is 9.89. The highest BCUT2D eigenvalue weighted by molar-refractivity contribution is 5.25. The number of ether oxygens (including phenoxy) is 2. The third-order valence-electron chi connectivity index (χ3n) is 5.03. The van der Waals surface area contributed by atoms with Crippen LogP contribution in [0.3, 0.4) is 0 Å². The molecule has 0 saturated carbocycles. The van der Waals surface area contributed by atoms with Crippen LogP contribution in [0.5, 0.6) is 0 Å². The van der Waals surface area contributed by atoms with Crippen molar-refractivity contribution in [1.82, 2.24) is 4.90 Å². The Morgan fingerprint density at radius 2 is 1.93 bits per heavy atom. The predicted octanol–water partition coefficient (Wildman–Crippen LogP) is 3.55. The molecule has 4 heteroatoms. The molecule has 2 aromatic rings. The second-order valence-electron chi connectivity index (χ2n) is 7.41. The van der Waals surface area contributed by atoms with Crippen molar-refractivity contribution in [3.63, 3.8) is 0 Å². The van der Waals surface area contributed by atoms with Gasteiger partial charge >= 0.3 is 0 Å². The van der Waals surface area contributed by atoms with Crippen molar-refractivity contribution in [3.05, 3.63) is 71.3 Å². The third-order valence-corrected chi connectivity index (χ3v) is 5.03. The molecule has 0 radical (unpaired) electrons. The molecule has 1 heterocycles. The Labute approximate surface area is 162 Å². The summed E-state index contributed by atoms with van der Waals surface area (Å²) in [6.07, 6.45) is 1.99. The number of aliphatic hydroxyl groups is 1. The molecule has 0 amide bonds. The predicted molar refractivity (Wildman–Crippen MR) is 108 cm³/mol. The number of nitrogens with zero attached hydrogens (tertiary/aromatic N) is 1. The molecule has 2 atom stereocenters. The van der Waals surface area contributed by atoms with E-state index in [1.54, 1.807) is 0 Å². The highest BCUT2D eigenvalue weighted by Gasteiger charge is 2.21. The molecule has 3 rings (SSSR count). The van der Waals surface area contributed by atoms with Crippen LogP contribution in [0.15, 0.2) is 54.6 Å². The van der Waals surface area contributed by atoms with Crippen LogP contribution >= 0.6 is 0 Å². The smallest absolute Gasteiger partial charge is 0.0900 e. The molecule has 1 N–H and O–H groups in total. The van der Waals surface area contributed by atoms with Gasteiger partial charge in [-0.15, -0.1) is 0 Å². The Morgan fingerprint density at radius 3 is 2.67 bits per heavy atom. The van der Waals surface area contributed by atoms with E-state index in [0.717, 1.165) is 38.1 Å². The second kappa shape index (κ2) is 10.6. The lowest BCUT2D eigenvalue weighted by Crippen LogP contribution is -2.39. The van der Waals surface area contributed by atoms with E-state index < -0.39 is 6.10 Å². The van der Waals surface area contributed by atoms with Crippen molar-refractivity contribution >= 4 is 0 Å². The largest absolute Gasteiger partial charge is 0.389 e. The van der Waals surface area contributed by atoms with E-state index in [-0.39, 0.29) is 6.10 Å². The Bertz CT molecular complexity index is 670. The lowest BCUT2D eigenvalue weighted by molar-refractivity contribution is -0.00291. The third kappa shape index (κ3) is 6.74. The monoisotopic (exact) mass is 369 g/mol. The standard InChI is InChI=1S/C23H31NO3/c1-19-8-5-6-11-21(19)14-24(16-23-12-7-13-27-23)15-22(25)18-26-17-20-9-3-2-4-10-20/h2-6,8-11,22-23,25H,7,12-18H2,1H3/t22-,23-/m1/s1. The van der Waals surface area contributed by atoms with Gasteiger partial charge < -0.3 is 14.6 Å². The van der Waals surface area contributed by atoms with Gasteiger partial charge in [0.15, 0.2) is 0 Å². The van der Waals surface area contributed by atoms with E-state index in [1.807, 2.05) is 30.3 Å². The van der Waals surface area contributed by atoms with Gasteiger partial charge in [-0.3, -0.25) is 4.90 Å². The first-order chi connectivity index (χ1) is 13.2. The van der Waals surface area contributed by atoms with Gasteiger partial charge in [0.05, 0.1) is 25.4 Å². The number of benzene rings is 2. The maximum atomic E-state index is 10.5. The van der Waals surface area contributed by atoms with Gasteiger partial charge in [0.25, 0.3) is 0 Å². The molecule has 0 bridgehead atoms. The molecule has 4 nitrogen and oxygen atoms in total. The first-order valence-corrected chi connectivity index (χ1v) is 9.89. The summed E-state index contributed by atoms with van der Waals surface area (Å²) < 4.78 is 11.5. The van der Waals surface area contributed by atoms with Gasteiger partial charge in [-0.25, -0.2) is 0 Å². The number of aliphatic hydroxyl groups excluding tert-OH is 1. The number of rotatable bonds is 10. The topological polar surface area (TPSA) is 41.9 Å². The highest BCUT2D eigenvalue weighted by atomic mass is 16.5. The molecule has 0 unspecified atom stereocenters. The van der Waals surface area contributed by atoms with Crippen molar-refractivity contribution in [1.29, 1.82) is 0 Å². The van der Waals surface area contributed by atoms with Gasteiger partial charge in [-0.1, -0.05) is 54.6 Å². The molecule has 2 aromatic carbocycles. The number of hydrogen-bond donors (Lipinski definition) is 1. The van der Waals surface area contributed by atoms with Gasteiger partial charge in [0.1, 0.15) is 0 Å². The average Bonchev–Trinajstić information content (AvgIpc) is 3.17. The zero-order valence-corrected chi connectivity index (χ0v) is 16.2. The van der Waals surface area contributed by atoms with E-state index in [2.05, 4.69) is 36.1 Å². The summed E-state index contributed by atoms with van der Waals surface area (Å²) in [5.41, 5.74) is 3.71. The van der Waals surface area contributed by atoms with Crippen molar-refractivity contribution in [2.45, 2.75) is 45.1 Å². The zero-order chi connectivity index (χ0) is 18.9. The minimum Gasteiger partial charge on any atom is -0.389 e. The van der Waals surface area contributed by atoms with Crippen LogP contribution in [0.25, 0.3) is 0 Å². The molecule has 1 aliphatic heterocycles. The fourth-order valence-electron chi connectivity index (χ4n) is 3.55. The van der Waals surface area contributed by atoms with Crippen LogP contribution < -0.4 is 0 Å². The van der Waals surface area contributed by atoms with E-state index in [4.69, 9.17) is 9.47 Å². The summed E-state index contributed by atoms with van der Waals surface area (Å²) in [6, 6.07) is 18.5. The van der Waals surface area contributed by atoms with Gasteiger partial charge in [0, 0.05) is 26.2 Å².